The zero-order valence-electron chi connectivity index (χ0n) is 11.3. The number of hydrogen-bond acceptors (Lipinski definition) is 3. The van der Waals surface area contributed by atoms with E-state index in [9.17, 15) is 14.7 Å². The molecule has 0 radical (unpaired) electrons. The Morgan fingerprint density at radius 3 is 2.68 bits per heavy atom. The maximum atomic E-state index is 12.6. The lowest BCUT2D eigenvalue weighted by atomic mass is 9.99. The highest BCUT2D eigenvalue weighted by molar-refractivity contribution is 5.87. The molecule has 2 aliphatic heterocycles. The van der Waals surface area contributed by atoms with Crippen LogP contribution >= 0.6 is 0 Å². The Kier molecular flexibility index (Phi) is 3.99. The van der Waals surface area contributed by atoms with E-state index in [1.807, 2.05) is 0 Å². The lowest BCUT2D eigenvalue weighted by Gasteiger charge is -2.36. The van der Waals surface area contributed by atoms with E-state index in [0.717, 1.165) is 19.3 Å². The minimum absolute atomic E-state index is 0.0520. The van der Waals surface area contributed by atoms with Gasteiger partial charge in [-0.15, -0.1) is 0 Å². The first kappa shape index (κ1) is 14.1. The lowest BCUT2D eigenvalue weighted by molar-refractivity contribution is -0.147. The summed E-state index contributed by atoms with van der Waals surface area (Å²) in [6.07, 6.45) is 3.63. The second kappa shape index (κ2) is 5.36. The summed E-state index contributed by atoms with van der Waals surface area (Å²) < 4.78 is 0. The Morgan fingerprint density at radius 1 is 1.32 bits per heavy atom. The highest BCUT2D eigenvalue weighted by Crippen LogP contribution is 2.32. The highest BCUT2D eigenvalue weighted by Gasteiger charge is 2.48. The van der Waals surface area contributed by atoms with E-state index in [1.165, 1.54) is 4.90 Å². The van der Waals surface area contributed by atoms with E-state index < -0.39 is 11.5 Å². The third kappa shape index (κ3) is 2.41. The van der Waals surface area contributed by atoms with Crippen LogP contribution in [0.1, 0.15) is 39.0 Å². The van der Waals surface area contributed by atoms with Gasteiger partial charge in [-0.25, -0.2) is 9.59 Å². The van der Waals surface area contributed by atoms with E-state index in [-0.39, 0.29) is 18.7 Å². The van der Waals surface area contributed by atoms with Crippen LogP contribution in [0.3, 0.4) is 0 Å². The number of urea groups is 1. The Bertz CT molecular complexity index is 374. The number of aliphatic hydroxyl groups is 1. The van der Waals surface area contributed by atoms with Crippen molar-refractivity contribution in [2.24, 2.45) is 0 Å². The van der Waals surface area contributed by atoms with Gasteiger partial charge in [0.1, 0.15) is 5.54 Å². The number of carbonyl (C=O) groups excluding carboxylic acids is 1. The van der Waals surface area contributed by atoms with Crippen molar-refractivity contribution in [3.05, 3.63) is 0 Å². The zero-order valence-corrected chi connectivity index (χ0v) is 11.3. The Balaban J connectivity index is 2.12. The Hall–Kier alpha value is -1.30. The third-order valence-electron chi connectivity index (χ3n) is 4.42. The first-order valence-electron chi connectivity index (χ1n) is 6.93. The second-order valence-electron chi connectivity index (χ2n) is 5.62. The first-order valence-corrected chi connectivity index (χ1v) is 6.93. The lowest BCUT2D eigenvalue weighted by Crippen LogP contribution is -2.56. The largest absolute Gasteiger partial charge is 0.480 e. The van der Waals surface area contributed by atoms with Crippen LogP contribution in [0.4, 0.5) is 4.79 Å². The Labute approximate surface area is 113 Å². The molecule has 0 aliphatic carbocycles. The van der Waals surface area contributed by atoms with Gasteiger partial charge in [-0.2, -0.15) is 0 Å². The molecule has 2 rings (SSSR count). The van der Waals surface area contributed by atoms with Crippen molar-refractivity contribution < 1.29 is 19.8 Å². The predicted molar refractivity (Wildman–Crippen MR) is 68.8 cm³/mol. The maximum Gasteiger partial charge on any atom is 0.329 e. The fourth-order valence-electron chi connectivity index (χ4n) is 3.18. The summed E-state index contributed by atoms with van der Waals surface area (Å²) >= 11 is 0. The van der Waals surface area contributed by atoms with Gasteiger partial charge < -0.3 is 20.0 Å². The van der Waals surface area contributed by atoms with Crippen molar-refractivity contribution in [2.75, 3.05) is 19.7 Å². The first-order chi connectivity index (χ1) is 9.00. The Morgan fingerprint density at radius 2 is 2.05 bits per heavy atom. The molecule has 2 atom stereocenters. The number of nitrogens with zero attached hydrogens (tertiary/aromatic N) is 2. The number of hydrogen-bond donors (Lipinski definition) is 2. The van der Waals surface area contributed by atoms with Crippen molar-refractivity contribution in [3.63, 3.8) is 0 Å². The van der Waals surface area contributed by atoms with Gasteiger partial charge in [0, 0.05) is 25.7 Å². The number of aliphatic hydroxyl groups excluding tert-OH is 1. The molecule has 0 bridgehead atoms. The number of aliphatic carboxylic acids is 1. The summed E-state index contributed by atoms with van der Waals surface area (Å²) in [4.78, 5) is 27.2. The van der Waals surface area contributed by atoms with Crippen LogP contribution in [0.25, 0.3) is 0 Å². The summed E-state index contributed by atoms with van der Waals surface area (Å²) in [5.41, 5.74) is -1.08. The molecule has 2 saturated heterocycles. The molecule has 0 spiro atoms. The number of amides is 2. The van der Waals surface area contributed by atoms with Gasteiger partial charge in [-0.3, -0.25) is 0 Å². The van der Waals surface area contributed by atoms with Crippen LogP contribution in [-0.4, -0.2) is 63.3 Å². The molecule has 2 N–H and O–H groups in total. The fraction of sp³-hybridized carbons (Fsp3) is 0.846. The topological polar surface area (TPSA) is 81.1 Å². The molecule has 6 heteroatoms. The van der Waals surface area contributed by atoms with Gasteiger partial charge in [0.2, 0.25) is 0 Å². The standard InChI is InChI=1S/C13H22N2O4/c1-13(11(17)18)6-3-8-15(13)12(19)14-7-2-4-10(14)5-9-16/h10,16H,2-9H2,1H3,(H,17,18). The number of carboxylic acid groups (broad SMARTS) is 1. The molecule has 2 aliphatic rings. The smallest absolute Gasteiger partial charge is 0.329 e. The summed E-state index contributed by atoms with van der Waals surface area (Å²) in [7, 11) is 0. The van der Waals surface area contributed by atoms with Crippen molar-refractivity contribution >= 4 is 12.0 Å². The molecule has 6 nitrogen and oxygen atoms in total. The third-order valence-corrected chi connectivity index (χ3v) is 4.42. The number of carboxylic acids is 1. The summed E-state index contributed by atoms with van der Waals surface area (Å²) in [5.74, 6) is -0.934. The minimum atomic E-state index is -1.08. The van der Waals surface area contributed by atoms with Gasteiger partial charge in [-0.05, 0) is 39.0 Å². The van der Waals surface area contributed by atoms with Crippen LogP contribution in [0.15, 0.2) is 0 Å². The van der Waals surface area contributed by atoms with Crippen LogP contribution < -0.4 is 0 Å². The normalized spacial score (nSPS) is 30.9. The average molecular weight is 270 g/mol. The average Bonchev–Trinajstić information content (AvgIpc) is 2.96. The molecule has 0 aromatic rings. The van der Waals surface area contributed by atoms with Gasteiger partial charge in [0.25, 0.3) is 0 Å². The summed E-state index contributed by atoms with van der Waals surface area (Å²) in [6, 6.07) is -0.130. The van der Waals surface area contributed by atoms with Crippen LogP contribution in [0.5, 0.6) is 0 Å². The van der Waals surface area contributed by atoms with E-state index in [2.05, 4.69) is 0 Å². The van der Waals surface area contributed by atoms with E-state index in [1.54, 1.807) is 11.8 Å². The molecule has 0 saturated carbocycles. The van der Waals surface area contributed by atoms with Gasteiger partial charge in [-0.1, -0.05) is 0 Å². The highest BCUT2D eigenvalue weighted by atomic mass is 16.4. The van der Waals surface area contributed by atoms with Crippen molar-refractivity contribution in [3.8, 4) is 0 Å². The predicted octanol–water partition coefficient (Wildman–Crippen LogP) is 0.892. The number of carbonyl (C=O) groups is 2. The minimum Gasteiger partial charge on any atom is -0.480 e. The number of likely N-dealkylation sites (tertiary alicyclic amines) is 2. The SMILES string of the molecule is CC1(C(=O)O)CCCN1C(=O)N1CCCC1CCO. The van der Waals surface area contributed by atoms with E-state index in [0.29, 0.717) is 25.9 Å². The van der Waals surface area contributed by atoms with Crippen molar-refractivity contribution in [1.29, 1.82) is 0 Å². The van der Waals surface area contributed by atoms with Gasteiger partial charge in [0.05, 0.1) is 0 Å². The molecular weight excluding hydrogens is 248 g/mol. The second-order valence-corrected chi connectivity index (χ2v) is 5.62. The molecule has 2 fully saturated rings. The molecule has 0 aromatic carbocycles. The van der Waals surface area contributed by atoms with Crippen LogP contribution in [0.2, 0.25) is 0 Å². The molecule has 2 unspecified atom stereocenters. The zero-order chi connectivity index (χ0) is 14.0. The molecule has 2 amide bonds. The van der Waals surface area contributed by atoms with Crippen LogP contribution in [0, 0.1) is 0 Å². The van der Waals surface area contributed by atoms with E-state index in [4.69, 9.17) is 5.11 Å². The monoisotopic (exact) mass is 270 g/mol. The maximum absolute atomic E-state index is 12.6. The molecule has 0 aromatic heterocycles. The van der Waals surface area contributed by atoms with Crippen molar-refractivity contribution in [2.45, 2.75) is 50.6 Å². The summed E-state index contributed by atoms with van der Waals surface area (Å²) in [5, 5.41) is 18.4. The molecule has 19 heavy (non-hydrogen) atoms. The van der Waals surface area contributed by atoms with E-state index >= 15 is 0 Å². The molecule has 2 heterocycles. The van der Waals surface area contributed by atoms with Gasteiger partial charge >= 0.3 is 12.0 Å². The van der Waals surface area contributed by atoms with Crippen LogP contribution in [-0.2, 0) is 4.79 Å². The van der Waals surface area contributed by atoms with Gasteiger partial charge in [0.15, 0.2) is 0 Å². The fourth-order valence-corrected chi connectivity index (χ4v) is 3.18. The molecular formula is C13H22N2O4. The number of rotatable bonds is 3. The molecule has 108 valence electrons. The van der Waals surface area contributed by atoms with Crippen molar-refractivity contribution in [1.82, 2.24) is 9.80 Å². The quantitative estimate of drug-likeness (QED) is 0.798. The summed E-state index contributed by atoms with van der Waals surface area (Å²) in [6.45, 7) is 2.85.